The van der Waals surface area contributed by atoms with Crippen molar-refractivity contribution in [2.24, 2.45) is 5.92 Å². The van der Waals surface area contributed by atoms with Crippen LogP contribution in [0.5, 0.6) is 0 Å². The van der Waals surface area contributed by atoms with Gasteiger partial charge < -0.3 is 19.7 Å². The molecule has 8 heteroatoms. The summed E-state index contributed by atoms with van der Waals surface area (Å²) in [4.78, 5) is 29.8. The number of hydrogen-bond acceptors (Lipinski definition) is 5. The monoisotopic (exact) mass is 395 g/mol. The zero-order valence-corrected chi connectivity index (χ0v) is 16.1. The van der Waals surface area contributed by atoms with Crippen molar-refractivity contribution in [2.45, 2.75) is 51.2 Å². The van der Waals surface area contributed by atoms with Gasteiger partial charge in [-0.1, -0.05) is 17.7 Å². The van der Waals surface area contributed by atoms with Crippen LogP contribution in [0.3, 0.4) is 0 Å². The summed E-state index contributed by atoms with van der Waals surface area (Å²) in [5.74, 6) is 0.343. The zero-order valence-electron chi connectivity index (χ0n) is 15.4. The summed E-state index contributed by atoms with van der Waals surface area (Å²) in [6, 6.07) is 5.26. The molecule has 1 aromatic heterocycles. The van der Waals surface area contributed by atoms with E-state index >= 15 is 0 Å². The number of alkyl carbamates (subject to hydrolysis) is 1. The van der Waals surface area contributed by atoms with Gasteiger partial charge in [0.1, 0.15) is 11.3 Å². The van der Waals surface area contributed by atoms with Gasteiger partial charge in [0.25, 0.3) is 0 Å². The second kappa shape index (κ2) is 9.78. The number of likely N-dealkylation sites (tertiary alicyclic amines) is 1. The number of ether oxygens (including phenoxy) is 2. The molecule has 148 valence electrons. The van der Waals surface area contributed by atoms with E-state index < -0.39 is 6.09 Å². The third-order valence-electron chi connectivity index (χ3n) is 5.06. The molecule has 1 N–H and O–H groups in total. The Labute approximate surface area is 164 Å². The van der Waals surface area contributed by atoms with Crippen molar-refractivity contribution in [1.29, 1.82) is 0 Å². The van der Waals surface area contributed by atoms with Gasteiger partial charge in [0.2, 0.25) is 0 Å². The van der Waals surface area contributed by atoms with Crippen molar-refractivity contribution in [3.63, 3.8) is 0 Å². The summed E-state index contributed by atoms with van der Waals surface area (Å²) in [5, 5.41) is 3.09. The lowest BCUT2D eigenvalue weighted by Gasteiger charge is -2.28. The molecule has 7 nitrogen and oxygen atoms in total. The van der Waals surface area contributed by atoms with E-state index in [1.165, 1.54) is 0 Å². The number of aromatic nitrogens is 1. The number of amides is 2. The average Bonchev–Trinajstić information content (AvgIpc) is 3.21. The Hall–Kier alpha value is -2.02. The van der Waals surface area contributed by atoms with Crippen LogP contribution in [0.2, 0.25) is 5.15 Å². The summed E-state index contributed by atoms with van der Waals surface area (Å²) >= 11 is 5.82. The summed E-state index contributed by atoms with van der Waals surface area (Å²) in [5.41, 5.74) is 0.683. The first kappa shape index (κ1) is 19.7. The molecule has 3 rings (SSSR count). The fraction of sp³-hybridized carbons (Fsp3) is 0.632. The van der Waals surface area contributed by atoms with Gasteiger partial charge in [0.15, 0.2) is 0 Å². The molecule has 1 saturated heterocycles. The first-order valence-corrected chi connectivity index (χ1v) is 9.95. The number of rotatable bonds is 5. The van der Waals surface area contributed by atoms with Gasteiger partial charge in [0.05, 0.1) is 18.8 Å². The maximum atomic E-state index is 11.9. The van der Waals surface area contributed by atoms with Gasteiger partial charge in [-0.25, -0.2) is 14.6 Å². The SMILES string of the molecule is O=C(NCc1cccc(Cl)n1)OC1CCC(COC(=O)N2CCCC2)CC1. The third-order valence-corrected chi connectivity index (χ3v) is 5.27. The van der Waals surface area contributed by atoms with Crippen molar-refractivity contribution < 1.29 is 19.1 Å². The standard InChI is InChI=1S/C19H26ClN3O4/c20-17-5-3-4-15(22-17)12-21-18(24)27-16-8-6-14(7-9-16)13-26-19(25)23-10-1-2-11-23/h3-5,14,16H,1-2,6-13H2,(H,21,24). The lowest BCUT2D eigenvalue weighted by molar-refractivity contribution is 0.0442. The minimum Gasteiger partial charge on any atom is -0.449 e. The Morgan fingerprint density at radius 3 is 2.63 bits per heavy atom. The summed E-state index contributed by atoms with van der Waals surface area (Å²) < 4.78 is 10.9. The highest BCUT2D eigenvalue weighted by Crippen LogP contribution is 2.27. The Bertz CT molecular complexity index is 644. The first-order chi connectivity index (χ1) is 13.1. The van der Waals surface area contributed by atoms with Crippen LogP contribution >= 0.6 is 11.6 Å². The number of carbonyl (C=O) groups excluding carboxylic acids is 2. The molecule has 0 bridgehead atoms. The lowest BCUT2D eigenvalue weighted by atomic mass is 9.88. The third kappa shape index (κ3) is 6.27. The molecule has 1 aliphatic carbocycles. The van der Waals surface area contributed by atoms with Crippen molar-refractivity contribution >= 4 is 23.8 Å². The molecule has 2 amide bonds. The van der Waals surface area contributed by atoms with E-state index in [0.29, 0.717) is 23.4 Å². The molecule has 0 aromatic carbocycles. The number of carbonyl (C=O) groups is 2. The quantitative estimate of drug-likeness (QED) is 0.768. The van der Waals surface area contributed by atoms with Crippen LogP contribution in [0, 0.1) is 5.92 Å². The van der Waals surface area contributed by atoms with Gasteiger partial charge >= 0.3 is 12.2 Å². The highest BCUT2D eigenvalue weighted by Gasteiger charge is 2.26. The molecule has 0 unspecified atom stereocenters. The van der Waals surface area contributed by atoms with Crippen molar-refractivity contribution in [3.05, 3.63) is 29.0 Å². The molecular weight excluding hydrogens is 370 g/mol. The average molecular weight is 396 g/mol. The first-order valence-electron chi connectivity index (χ1n) is 9.58. The van der Waals surface area contributed by atoms with E-state index in [2.05, 4.69) is 10.3 Å². The molecule has 1 saturated carbocycles. The number of nitrogens with zero attached hydrogens (tertiary/aromatic N) is 2. The fourth-order valence-electron chi connectivity index (χ4n) is 3.50. The molecule has 1 aliphatic heterocycles. The van der Waals surface area contributed by atoms with Gasteiger partial charge in [0, 0.05) is 13.1 Å². The predicted molar refractivity (Wildman–Crippen MR) is 100 cm³/mol. The summed E-state index contributed by atoms with van der Waals surface area (Å²) in [6.45, 7) is 2.34. The molecule has 2 heterocycles. The second-order valence-corrected chi connectivity index (χ2v) is 7.51. The van der Waals surface area contributed by atoms with Crippen LogP contribution in [0.15, 0.2) is 18.2 Å². The highest BCUT2D eigenvalue weighted by atomic mass is 35.5. The van der Waals surface area contributed by atoms with Gasteiger partial charge in [-0.15, -0.1) is 0 Å². The number of hydrogen-bond donors (Lipinski definition) is 1. The van der Waals surface area contributed by atoms with E-state index in [1.54, 1.807) is 23.1 Å². The Morgan fingerprint density at radius 2 is 1.93 bits per heavy atom. The maximum Gasteiger partial charge on any atom is 0.409 e. The Balaban J connectivity index is 1.30. The normalized spacial score (nSPS) is 22.3. The van der Waals surface area contributed by atoms with Gasteiger partial charge in [-0.3, -0.25) is 0 Å². The van der Waals surface area contributed by atoms with Crippen LogP contribution in [0.25, 0.3) is 0 Å². The molecule has 0 spiro atoms. The Morgan fingerprint density at radius 1 is 1.19 bits per heavy atom. The number of pyridine rings is 1. The van der Waals surface area contributed by atoms with Crippen molar-refractivity contribution in [2.75, 3.05) is 19.7 Å². The molecule has 2 aliphatic rings. The summed E-state index contributed by atoms with van der Waals surface area (Å²) in [6.07, 6.45) is 4.74. The zero-order chi connectivity index (χ0) is 19.1. The van der Waals surface area contributed by atoms with Crippen LogP contribution < -0.4 is 5.32 Å². The van der Waals surface area contributed by atoms with E-state index in [-0.39, 0.29) is 18.7 Å². The molecule has 0 radical (unpaired) electrons. The van der Waals surface area contributed by atoms with Crippen molar-refractivity contribution in [3.8, 4) is 0 Å². The smallest absolute Gasteiger partial charge is 0.409 e. The largest absolute Gasteiger partial charge is 0.449 e. The van der Waals surface area contributed by atoms with Crippen LogP contribution in [-0.4, -0.2) is 47.9 Å². The minimum absolute atomic E-state index is 0.0946. The Kier molecular flexibility index (Phi) is 7.15. The molecule has 0 atom stereocenters. The number of nitrogens with one attached hydrogen (secondary N) is 1. The topological polar surface area (TPSA) is 80.8 Å². The molecule has 2 fully saturated rings. The van der Waals surface area contributed by atoms with Gasteiger partial charge in [-0.05, 0) is 56.6 Å². The molecule has 27 heavy (non-hydrogen) atoms. The van der Waals surface area contributed by atoms with E-state index in [1.807, 2.05) is 0 Å². The van der Waals surface area contributed by atoms with Crippen LogP contribution in [0.1, 0.15) is 44.2 Å². The van der Waals surface area contributed by atoms with E-state index in [0.717, 1.165) is 51.6 Å². The fourth-order valence-corrected chi connectivity index (χ4v) is 3.68. The summed E-state index contributed by atoms with van der Waals surface area (Å²) in [7, 11) is 0. The highest BCUT2D eigenvalue weighted by molar-refractivity contribution is 6.29. The number of halogens is 1. The van der Waals surface area contributed by atoms with E-state index in [4.69, 9.17) is 21.1 Å². The van der Waals surface area contributed by atoms with E-state index in [9.17, 15) is 9.59 Å². The molecule has 1 aromatic rings. The maximum absolute atomic E-state index is 11.9. The van der Waals surface area contributed by atoms with Gasteiger partial charge in [-0.2, -0.15) is 0 Å². The molecular formula is C19H26ClN3O4. The van der Waals surface area contributed by atoms with Crippen molar-refractivity contribution in [1.82, 2.24) is 15.2 Å². The van der Waals surface area contributed by atoms with Crippen LogP contribution in [-0.2, 0) is 16.0 Å². The minimum atomic E-state index is -0.444. The predicted octanol–water partition coefficient (Wildman–Crippen LogP) is 3.75. The lowest BCUT2D eigenvalue weighted by Crippen LogP contribution is -2.33. The second-order valence-electron chi connectivity index (χ2n) is 7.12. The van der Waals surface area contributed by atoms with Crippen LogP contribution in [0.4, 0.5) is 9.59 Å².